The van der Waals surface area contributed by atoms with E-state index in [1.165, 1.54) is 43.0 Å². The van der Waals surface area contributed by atoms with Gasteiger partial charge in [-0.25, -0.2) is 0 Å². The van der Waals surface area contributed by atoms with Gasteiger partial charge in [-0.15, -0.1) is 0 Å². The van der Waals surface area contributed by atoms with Crippen LogP contribution in [0.3, 0.4) is 0 Å². The predicted octanol–water partition coefficient (Wildman–Crippen LogP) is 9.26. The molecule has 3 aliphatic rings. The van der Waals surface area contributed by atoms with Crippen molar-refractivity contribution in [2.75, 3.05) is 0 Å². The van der Waals surface area contributed by atoms with Gasteiger partial charge in [0.2, 0.25) is 0 Å². The van der Waals surface area contributed by atoms with Crippen molar-refractivity contribution in [3.63, 3.8) is 0 Å². The second kappa shape index (κ2) is 18.0. The van der Waals surface area contributed by atoms with Gasteiger partial charge in [0.15, 0.2) is 0 Å². The van der Waals surface area contributed by atoms with E-state index >= 15 is 0 Å². The molecule has 2 aromatic carbocycles. The highest BCUT2D eigenvalue weighted by molar-refractivity contribution is 6.13. The van der Waals surface area contributed by atoms with Crippen molar-refractivity contribution in [3.05, 3.63) is 106 Å². The first-order chi connectivity index (χ1) is 21.8. The van der Waals surface area contributed by atoms with Crippen LogP contribution in [0.5, 0.6) is 0 Å². The number of hydrogen-bond acceptors (Lipinski definition) is 4. The third-order valence-electron chi connectivity index (χ3n) is 9.75. The van der Waals surface area contributed by atoms with E-state index in [4.69, 9.17) is 27.4 Å². The van der Waals surface area contributed by atoms with Crippen molar-refractivity contribution in [2.45, 2.75) is 90.4 Å². The standard InChI is InChI=1S/C34H40N4.C4H10.CH4N2/c1-2-3-4-5-6-30-31-16-15-26(21-35)29(19-20-32(30)31)33(36)24-11-7-22(8-12-24)27-17-18-28(27)23-9-13-25(14-10-23)34(37)38;1-3-4-2;2-1-3/h2-5,7-14,21,27-28,30-32,35-36H,6,15-20H2,1H3,(H3,37,38);3-4H2,1-2H3;1H,(H3,2,3)/b3-2+,5-4+,29-26-,35-21?,36-33?;;. The number of unbranched alkanes of at least 4 members (excludes halogenated alkanes) is 1. The van der Waals surface area contributed by atoms with E-state index in [1.807, 2.05) is 19.1 Å². The third-order valence-corrected chi connectivity index (χ3v) is 9.75. The van der Waals surface area contributed by atoms with Gasteiger partial charge in [-0.05, 0) is 109 Å². The second-order valence-corrected chi connectivity index (χ2v) is 12.4. The maximum Gasteiger partial charge on any atom is 0.122 e. The molecule has 0 aliphatic heterocycles. The fourth-order valence-corrected chi connectivity index (χ4v) is 6.82. The second-order valence-electron chi connectivity index (χ2n) is 12.4. The van der Waals surface area contributed by atoms with Gasteiger partial charge in [-0.3, -0.25) is 16.2 Å². The molecule has 0 amide bonds. The minimum absolute atomic E-state index is 0.110. The van der Waals surface area contributed by atoms with Crippen molar-refractivity contribution in [2.24, 2.45) is 29.2 Å². The van der Waals surface area contributed by atoms with E-state index in [0.717, 1.165) is 78.5 Å². The summed E-state index contributed by atoms with van der Waals surface area (Å²) in [4.78, 5) is 0. The monoisotopic (exact) mass is 606 g/mol. The quantitative estimate of drug-likeness (QED) is 0.0909. The Balaban J connectivity index is 0.000000719. The van der Waals surface area contributed by atoms with Gasteiger partial charge in [0.1, 0.15) is 5.84 Å². The number of fused-ring (bicyclic) bond motifs is 1. The topological polar surface area (TPSA) is 147 Å². The molecule has 0 bridgehead atoms. The molecule has 8 N–H and O–H groups in total. The number of nitrogen functional groups attached to an aromatic ring is 1. The van der Waals surface area contributed by atoms with Gasteiger partial charge in [-0.2, -0.15) is 0 Å². The lowest BCUT2D eigenvalue weighted by Crippen LogP contribution is -2.22. The maximum atomic E-state index is 9.07. The highest BCUT2D eigenvalue weighted by Gasteiger charge is 2.48. The summed E-state index contributed by atoms with van der Waals surface area (Å²) in [6.07, 6.45) is 21.1. The molecule has 0 radical (unpaired) electrons. The van der Waals surface area contributed by atoms with Crippen LogP contribution < -0.4 is 11.5 Å². The number of allylic oxidation sites excluding steroid dienone is 6. The molecule has 0 aromatic heterocycles. The van der Waals surface area contributed by atoms with Gasteiger partial charge >= 0.3 is 0 Å². The lowest BCUT2D eigenvalue weighted by atomic mass is 9.67. The largest absolute Gasteiger partial charge is 0.390 e. The summed E-state index contributed by atoms with van der Waals surface area (Å²) in [6.45, 7) is 6.41. The first kappa shape index (κ1) is 35.4. The highest BCUT2D eigenvalue weighted by Crippen LogP contribution is 2.56. The van der Waals surface area contributed by atoms with Crippen LogP contribution in [0, 0.1) is 39.4 Å². The van der Waals surface area contributed by atoms with Gasteiger partial charge in [-0.1, -0.05) is 99.5 Å². The Morgan fingerprint density at radius 3 is 1.73 bits per heavy atom. The first-order valence-electron chi connectivity index (χ1n) is 16.7. The van der Waals surface area contributed by atoms with Crippen molar-refractivity contribution >= 4 is 24.1 Å². The molecule has 240 valence electrons. The zero-order valence-electron chi connectivity index (χ0n) is 27.5. The van der Waals surface area contributed by atoms with E-state index in [0.29, 0.717) is 17.5 Å². The molecule has 6 heteroatoms. The minimum atomic E-state index is 0.110. The van der Waals surface area contributed by atoms with Crippen molar-refractivity contribution in [3.8, 4) is 0 Å². The molecule has 5 unspecified atom stereocenters. The molecule has 0 spiro atoms. The fourth-order valence-electron chi connectivity index (χ4n) is 6.82. The Labute approximate surface area is 271 Å². The summed E-state index contributed by atoms with van der Waals surface area (Å²) >= 11 is 0. The van der Waals surface area contributed by atoms with E-state index in [9.17, 15) is 0 Å². The van der Waals surface area contributed by atoms with E-state index < -0.39 is 0 Å². The van der Waals surface area contributed by atoms with Crippen LogP contribution in [0.15, 0.2) is 84.0 Å². The van der Waals surface area contributed by atoms with Crippen LogP contribution >= 0.6 is 0 Å². The van der Waals surface area contributed by atoms with Crippen LogP contribution in [-0.2, 0) is 0 Å². The molecule has 5 atom stereocenters. The molecule has 45 heavy (non-hydrogen) atoms. The summed E-state index contributed by atoms with van der Waals surface area (Å²) < 4.78 is 0. The fraction of sp³-hybridized carbons (Fsp3) is 0.436. The molecule has 0 saturated heterocycles. The van der Waals surface area contributed by atoms with Crippen LogP contribution in [0.2, 0.25) is 0 Å². The molecule has 5 rings (SSSR count). The Kier molecular flexibility index (Phi) is 14.2. The molecule has 2 saturated carbocycles. The summed E-state index contributed by atoms with van der Waals surface area (Å²) in [6, 6.07) is 16.8. The number of rotatable bonds is 10. The average molecular weight is 607 g/mol. The Bertz CT molecular complexity index is 1360. The van der Waals surface area contributed by atoms with Crippen molar-refractivity contribution < 1.29 is 0 Å². The Hall–Kier alpha value is -4.06. The average Bonchev–Trinajstić information content (AvgIpc) is 3.69. The Morgan fingerprint density at radius 1 is 0.778 bits per heavy atom. The molecular weight excluding hydrogens is 552 g/mol. The van der Waals surface area contributed by atoms with Crippen LogP contribution in [0.25, 0.3) is 0 Å². The van der Waals surface area contributed by atoms with E-state index in [1.54, 1.807) is 0 Å². The first-order valence-corrected chi connectivity index (χ1v) is 16.7. The molecule has 3 aliphatic carbocycles. The number of benzene rings is 2. The van der Waals surface area contributed by atoms with Gasteiger partial charge < -0.3 is 16.9 Å². The number of nitrogens with two attached hydrogens (primary N) is 2. The highest BCUT2D eigenvalue weighted by atomic mass is 14.7. The van der Waals surface area contributed by atoms with E-state index in [2.05, 4.69) is 80.3 Å². The molecule has 2 fully saturated rings. The minimum Gasteiger partial charge on any atom is -0.390 e. The van der Waals surface area contributed by atoms with Gasteiger partial charge in [0.25, 0.3) is 0 Å². The summed E-state index contributed by atoms with van der Waals surface area (Å²) in [7, 11) is 0. The lowest BCUT2D eigenvalue weighted by Gasteiger charge is -2.37. The number of nitrogens with one attached hydrogen (secondary N) is 4. The normalized spacial score (nSPS) is 25.3. The van der Waals surface area contributed by atoms with Crippen LogP contribution in [0.4, 0.5) is 0 Å². The molecule has 2 aromatic rings. The smallest absolute Gasteiger partial charge is 0.122 e. The lowest BCUT2D eigenvalue weighted by molar-refractivity contribution is 0.346. The van der Waals surface area contributed by atoms with Crippen molar-refractivity contribution in [1.82, 2.24) is 0 Å². The molecule has 6 nitrogen and oxygen atoms in total. The van der Waals surface area contributed by atoms with Gasteiger partial charge in [0.05, 0.1) is 12.1 Å². The molecule has 0 heterocycles. The van der Waals surface area contributed by atoms with Gasteiger partial charge in [0, 0.05) is 11.8 Å². The summed E-state index contributed by atoms with van der Waals surface area (Å²) in [5, 5.41) is 30.6. The van der Waals surface area contributed by atoms with Crippen molar-refractivity contribution in [1.29, 1.82) is 21.6 Å². The zero-order chi connectivity index (χ0) is 32.8. The summed E-state index contributed by atoms with van der Waals surface area (Å²) in [5.74, 6) is 3.41. The maximum absolute atomic E-state index is 9.07. The third kappa shape index (κ3) is 9.46. The SMILES string of the molecule is C/C=C/C=C/CC1C2CC/C(C=N)=C(/C(=N)c3ccc(C4CCC4c4ccc(C(=N)N)cc4)cc3)CCC12.CCCC.N=CN. The summed E-state index contributed by atoms with van der Waals surface area (Å²) in [5.41, 5.74) is 17.1. The molecular formula is C39H54N6. The van der Waals surface area contributed by atoms with Crippen LogP contribution in [-0.4, -0.2) is 24.1 Å². The number of hydrogen-bond donors (Lipinski definition) is 6. The number of amidine groups is 1. The zero-order valence-corrected chi connectivity index (χ0v) is 27.5. The van der Waals surface area contributed by atoms with E-state index in [-0.39, 0.29) is 5.84 Å². The Morgan fingerprint density at radius 2 is 1.29 bits per heavy atom. The van der Waals surface area contributed by atoms with Crippen LogP contribution in [0.1, 0.15) is 113 Å². The predicted molar refractivity (Wildman–Crippen MR) is 192 cm³/mol.